The van der Waals surface area contributed by atoms with Crippen LogP contribution in [-0.4, -0.2) is 30.5 Å². The zero-order valence-corrected chi connectivity index (χ0v) is 16.7. The SMILES string of the molecule is Cc1nn(C(F)(F)F)cc1C(N)=O.FC(F)(F)c1cc(-c2cc3n(n2)CCCC3)ccn1. The fourth-order valence-electron chi connectivity index (χ4n) is 3.14. The van der Waals surface area contributed by atoms with Crippen molar-refractivity contribution in [1.29, 1.82) is 0 Å². The van der Waals surface area contributed by atoms with Gasteiger partial charge in [0.2, 0.25) is 0 Å². The molecule has 1 aliphatic rings. The summed E-state index contributed by atoms with van der Waals surface area (Å²) < 4.78 is 75.5. The maximum Gasteiger partial charge on any atom is 0.504 e. The molecule has 2 N–H and O–H groups in total. The molecule has 0 unspecified atom stereocenters. The van der Waals surface area contributed by atoms with Gasteiger partial charge in [-0.15, -0.1) is 13.2 Å². The molecule has 7 nitrogen and oxygen atoms in total. The largest absolute Gasteiger partial charge is 0.504 e. The summed E-state index contributed by atoms with van der Waals surface area (Å²) in [5.74, 6) is -0.923. The Morgan fingerprint density at radius 3 is 2.34 bits per heavy atom. The van der Waals surface area contributed by atoms with E-state index < -0.39 is 24.1 Å². The van der Waals surface area contributed by atoms with Gasteiger partial charge in [-0.1, -0.05) is 0 Å². The molecule has 4 rings (SSSR count). The number of aryl methyl sites for hydroxylation is 3. The molecule has 172 valence electrons. The number of carbonyl (C=O) groups excluding carboxylic acids is 1. The molecule has 0 radical (unpaired) electrons. The van der Waals surface area contributed by atoms with E-state index in [9.17, 15) is 31.1 Å². The summed E-state index contributed by atoms with van der Waals surface area (Å²) in [7, 11) is 0. The number of nitrogens with zero attached hydrogens (tertiary/aromatic N) is 5. The number of hydrogen-bond acceptors (Lipinski definition) is 4. The van der Waals surface area contributed by atoms with Crippen molar-refractivity contribution in [3.63, 3.8) is 0 Å². The Morgan fingerprint density at radius 1 is 1.09 bits per heavy atom. The van der Waals surface area contributed by atoms with Crippen molar-refractivity contribution < 1.29 is 31.1 Å². The van der Waals surface area contributed by atoms with Gasteiger partial charge in [0.1, 0.15) is 5.69 Å². The molecule has 0 saturated carbocycles. The van der Waals surface area contributed by atoms with Gasteiger partial charge in [-0.3, -0.25) is 14.5 Å². The lowest BCUT2D eigenvalue weighted by Crippen LogP contribution is -2.17. The molecular formula is C19H18F6N6O. The van der Waals surface area contributed by atoms with E-state index in [0.29, 0.717) is 17.5 Å². The van der Waals surface area contributed by atoms with Crippen molar-refractivity contribution in [2.45, 2.75) is 45.2 Å². The molecule has 4 heterocycles. The Balaban J connectivity index is 0.000000195. The Hall–Kier alpha value is -3.38. The maximum atomic E-state index is 12.6. The number of rotatable bonds is 2. The highest BCUT2D eigenvalue weighted by Crippen LogP contribution is 2.31. The first-order chi connectivity index (χ1) is 14.9. The third kappa shape index (κ3) is 5.26. The lowest BCUT2D eigenvalue weighted by Gasteiger charge is -2.11. The monoisotopic (exact) mass is 460 g/mol. The highest BCUT2D eigenvalue weighted by Gasteiger charge is 2.33. The summed E-state index contributed by atoms with van der Waals surface area (Å²) in [5.41, 5.74) is 5.81. The zero-order valence-electron chi connectivity index (χ0n) is 16.7. The number of pyridine rings is 1. The summed E-state index contributed by atoms with van der Waals surface area (Å²) >= 11 is 0. The molecule has 0 spiro atoms. The van der Waals surface area contributed by atoms with E-state index in [1.54, 1.807) is 6.07 Å². The van der Waals surface area contributed by atoms with Crippen LogP contribution < -0.4 is 5.73 Å². The van der Waals surface area contributed by atoms with Crippen molar-refractivity contribution in [2.24, 2.45) is 5.73 Å². The molecular weight excluding hydrogens is 442 g/mol. The third-order valence-corrected chi connectivity index (χ3v) is 4.69. The van der Waals surface area contributed by atoms with Crippen molar-refractivity contribution in [2.75, 3.05) is 0 Å². The minimum atomic E-state index is -4.61. The number of alkyl halides is 6. The van der Waals surface area contributed by atoms with E-state index in [2.05, 4.69) is 15.2 Å². The lowest BCUT2D eigenvalue weighted by molar-refractivity contribution is -0.212. The van der Waals surface area contributed by atoms with Crippen LogP contribution in [0.5, 0.6) is 0 Å². The highest BCUT2D eigenvalue weighted by atomic mass is 19.4. The van der Waals surface area contributed by atoms with Crippen LogP contribution in [-0.2, 0) is 25.4 Å². The number of amides is 1. The average Bonchev–Trinajstić information content (AvgIpc) is 3.31. The predicted octanol–water partition coefficient (Wildman–Crippen LogP) is 4.07. The molecule has 32 heavy (non-hydrogen) atoms. The van der Waals surface area contributed by atoms with Crippen LogP contribution in [0.4, 0.5) is 26.3 Å². The van der Waals surface area contributed by atoms with Crippen molar-refractivity contribution in [3.8, 4) is 11.3 Å². The van der Waals surface area contributed by atoms with Crippen LogP contribution in [0.1, 0.15) is 40.3 Å². The van der Waals surface area contributed by atoms with Crippen molar-refractivity contribution in [3.05, 3.63) is 53.2 Å². The van der Waals surface area contributed by atoms with Crippen LogP contribution in [0.2, 0.25) is 0 Å². The number of halogens is 6. The molecule has 0 fully saturated rings. The lowest BCUT2D eigenvalue weighted by atomic mass is 10.1. The Bertz CT molecular complexity index is 1090. The molecule has 3 aromatic rings. The molecule has 1 aliphatic heterocycles. The van der Waals surface area contributed by atoms with E-state index in [1.165, 1.54) is 13.1 Å². The van der Waals surface area contributed by atoms with Crippen molar-refractivity contribution >= 4 is 5.91 Å². The molecule has 1 amide bonds. The Labute approximate surface area is 177 Å². The normalized spacial score (nSPS) is 13.8. The van der Waals surface area contributed by atoms with Crippen LogP contribution >= 0.6 is 0 Å². The van der Waals surface area contributed by atoms with E-state index in [1.807, 2.05) is 10.7 Å². The molecule has 0 aliphatic carbocycles. The molecule has 13 heteroatoms. The second-order valence-electron chi connectivity index (χ2n) is 7.03. The van der Waals surface area contributed by atoms with Gasteiger partial charge in [0, 0.05) is 30.2 Å². The van der Waals surface area contributed by atoms with Crippen LogP contribution in [0.3, 0.4) is 0 Å². The predicted molar refractivity (Wildman–Crippen MR) is 100 cm³/mol. The first-order valence-corrected chi connectivity index (χ1v) is 9.40. The smallest absolute Gasteiger partial charge is 0.365 e. The quantitative estimate of drug-likeness (QED) is 0.584. The highest BCUT2D eigenvalue weighted by molar-refractivity contribution is 5.93. The van der Waals surface area contributed by atoms with Gasteiger partial charge >= 0.3 is 12.5 Å². The molecule has 0 aromatic carbocycles. The number of carbonyl (C=O) groups is 1. The Kier molecular flexibility index (Phi) is 6.28. The van der Waals surface area contributed by atoms with Gasteiger partial charge < -0.3 is 5.73 Å². The van der Waals surface area contributed by atoms with E-state index >= 15 is 0 Å². The van der Waals surface area contributed by atoms with Gasteiger partial charge in [0.05, 0.1) is 17.0 Å². The first kappa shape index (κ1) is 23.3. The van der Waals surface area contributed by atoms with Gasteiger partial charge in [-0.25, -0.2) is 0 Å². The summed E-state index contributed by atoms with van der Waals surface area (Å²) in [6.45, 7) is 2.12. The number of hydrogen-bond donors (Lipinski definition) is 1. The topological polar surface area (TPSA) is 91.6 Å². The number of nitrogens with two attached hydrogens (primary N) is 1. The Morgan fingerprint density at radius 2 is 1.81 bits per heavy atom. The summed E-state index contributed by atoms with van der Waals surface area (Å²) in [6.07, 6.45) is -4.18. The number of aromatic nitrogens is 5. The minimum absolute atomic E-state index is 0.0372. The van der Waals surface area contributed by atoms with Crippen LogP contribution in [0.25, 0.3) is 11.3 Å². The molecule has 0 atom stereocenters. The maximum absolute atomic E-state index is 12.6. The summed E-state index contributed by atoms with van der Waals surface area (Å²) in [4.78, 5) is 13.9. The van der Waals surface area contributed by atoms with Gasteiger partial charge in [-0.2, -0.15) is 28.1 Å². The van der Waals surface area contributed by atoms with Gasteiger partial charge in [-0.05, 0) is 44.4 Å². The van der Waals surface area contributed by atoms with Gasteiger partial charge in [0.25, 0.3) is 5.91 Å². The average molecular weight is 460 g/mol. The van der Waals surface area contributed by atoms with E-state index in [0.717, 1.165) is 37.6 Å². The molecule has 3 aromatic heterocycles. The first-order valence-electron chi connectivity index (χ1n) is 9.40. The fraction of sp³-hybridized carbons (Fsp3) is 0.368. The fourth-order valence-corrected chi connectivity index (χ4v) is 3.14. The van der Waals surface area contributed by atoms with Crippen LogP contribution in [0.15, 0.2) is 30.6 Å². The van der Waals surface area contributed by atoms with E-state index in [4.69, 9.17) is 5.73 Å². The number of primary amides is 1. The second-order valence-corrected chi connectivity index (χ2v) is 7.03. The standard InChI is InChI=1S/C13H12F3N3.C6H6F3N3O/c14-13(15,16)12-7-9(4-5-17-12)11-8-10-3-1-2-6-19(10)18-11;1-3-4(5(10)13)2-12(11-3)6(7,8)9/h4-5,7-8H,1-3,6H2;2H,1H3,(H2,10,13). The molecule has 0 saturated heterocycles. The van der Waals surface area contributed by atoms with Crippen LogP contribution in [0, 0.1) is 6.92 Å². The zero-order chi connectivity index (χ0) is 23.7. The number of fused-ring (bicyclic) bond motifs is 1. The summed E-state index contributed by atoms with van der Waals surface area (Å²) in [6, 6.07) is 4.48. The second kappa shape index (κ2) is 8.63. The van der Waals surface area contributed by atoms with Crippen molar-refractivity contribution in [1.82, 2.24) is 24.5 Å². The van der Waals surface area contributed by atoms with E-state index in [-0.39, 0.29) is 15.9 Å². The van der Waals surface area contributed by atoms with Gasteiger partial charge in [0.15, 0.2) is 0 Å². The molecule has 0 bridgehead atoms. The minimum Gasteiger partial charge on any atom is -0.365 e. The summed E-state index contributed by atoms with van der Waals surface area (Å²) in [5, 5.41) is 7.46. The third-order valence-electron chi connectivity index (χ3n) is 4.69.